The van der Waals surface area contributed by atoms with Gasteiger partial charge in [0.25, 0.3) is 0 Å². The molecular weight excluding hydrogens is 276 g/mol. The average molecular weight is 299 g/mol. The van der Waals surface area contributed by atoms with Gasteiger partial charge in [-0.1, -0.05) is 35.8 Å². The highest BCUT2D eigenvalue weighted by atomic mass is 79.9. The SMILES string of the molecule is CCN(CC(C)C)c1ccc(CCN)c(Br)c1. The maximum absolute atomic E-state index is 5.59. The van der Waals surface area contributed by atoms with Crippen LogP contribution in [-0.2, 0) is 6.42 Å². The Hall–Kier alpha value is -0.540. The van der Waals surface area contributed by atoms with E-state index in [1.165, 1.54) is 15.7 Å². The molecule has 0 radical (unpaired) electrons. The lowest BCUT2D eigenvalue weighted by Gasteiger charge is -2.25. The molecule has 3 heteroatoms. The van der Waals surface area contributed by atoms with Crippen LogP contribution in [0.4, 0.5) is 5.69 Å². The lowest BCUT2D eigenvalue weighted by atomic mass is 10.1. The quantitative estimate of drug-likeness (QED) is 0.872. The van der Waals surface area contributed by atoms with Gasteiger partial charge in [-0.3, -0.25) is 0 Å². The lowest BCUT2D eigenvalue weighted by Crippen LogP contribution is -2.27. The van der Waals surface area contributed by atoms with Crippen LogP contribution in [0, 0.1) is 5.92 Å². The zero-order valence-electron chi connectivity index (χ0n) is 11.0. The summed E-state index contributed by atoms with van der Waals surface area (Å²) in [6.45, 7) is 9.53. The summed E-state index contributed by atoms with van der Waals surface area (Å²) < 4.78 is 1.17. The Kier molecular flexibility index (Phi) is 6.00. The van der Waals surface area contributed by atoms with Crippen molar-refractivity contribution in [3.05, 3.63) is 28.2 Å². The molecule has 0 fully saturated rings. The third-order valence-corrected chi connectivity index (χ3v) is 3.52. The molecule has 2 nitrogen and oxygen atoms in total. The highest BCUT2D eigenvalue weighted by molar-refractivity contribution is 9.10. The van der Waals surface area contributed by atoms with E-state index in [0.29, 0.717) is 12.5 Å². The Morgan fingerprint density at radius 3 is 2.53 bits per heavy atom. The molecular formula is C14H23BrN2. The van der Waals surface area contributed by atoms with Crippen molar-refractivity contribution >= 4 is 21.6 Å². The van der Waals surface area contributed by atoms with Crippen LogP contribution in [0.25, 0.3) is 0 Å². The summed E-state index contributed by atoms with van der Waals surface area (Å²) in [6.07, 6.45) is 0.928. The van der Waals surface area contributed by atoms with Crippen LogP contribution in [0.15, 0.2) is 22.7 Å². The fourth-order valence-electron chi connectivity index (χ4n) is 1.95. The molecule has 1 rings (SSSR count). The van der Waals surface area contributed by atoms with Crippen LogP contribution in [0.3, 0.4) is 0 Å². The monoisotopic (exact) mass is 298 g/mol. The van der Waals surface area contributed by atoms with Crippen molar-refractivity contribution in [2.45, 2.75) is 27.2 Å². The topological polar surface area (TPSA) is 29.3 Å². The molecule has 0 heterocycles. The highest BCUT2D eigenvalue weighted by Crippen LogP contribution is 2.25. The van der Waals surface area contributed by atoms with Crippen LogP contribution in [-0.4, -0.2) is 19.6 Å². The summed E-state index contributed by atoms with van der Waals surface area (Å²) >= 11 is 3.63. The number of hydrogen-bond acceptors (Lipinski definition) is 2. The van der Waals surface area contributed by atoms with Gasteiger partial charge in [-0.05, 0) is 43.5 Å². The number of rotatable bonds is 6. The summed E-state index contributed by atoms with van der Waals surface area (Å²) in [5.41, 5.74) is 8.16. The molecule has 1 aromatic rings. The van der Waals surface area contributed by atoms with E-state index in [2.05, 4.69) is 59.8 Å². The number of halogens is 1. The number of nitrogens with two attached hydrogens (primary N) is 1. The van der Waals surface area contributed by atoms with Gasteiger partial charge >= 0.3 is 0 Å². The van der Waals surface area contributed by atoms with Gasteiger partial charge in [-0.15, -0.1) is 0 Å². The van der Waals surface area contributed by atoms with E-state index in [9.17, 15) is 0 Å². The van der Waals surface area contributed by atoms with Gasteiger partial charge in [0.05, 0.1) is 0 Å². The van der Waals surface area contributed by atoms with Gasteiger partial charge < -0.3 is 10.6 Å². The van der Waals surface area contributed by atoms with Crippen molar-refractivity contribution in [2.24, 2.45) is 11.7 Å². The van der Waals surface area contributed by atoms with Crippen LogP contribution in [0.5, 0.6) is 0 Å². The van der Waals surface area contributed by atoms with E-state index in [0.717, 1.165) is 19.5 Å². The minimum absolute atomic E-state index is 0.678. The van der Waals surface area contributed by atoms with Crippen LogP contribution in [0.1, 0.15) is 26.3 Å². The van der Waals surface area contributed by atoms with E-state index in [1.807, 2.05) is 0 Å². The molecule has 0 atom stereocenters. The van der Waals surface area contributed by atoms with Gasteiger partial charge in [0.2, 0.25) is 0 Å². The van der Waals surface area contributed by atoms with Crippen LogP contribution in [0.2, 0.25) is 0 Å². The van der Waals surface area contributed by atoms with Crippen LogP contribution >= 0.6 is 15.9 Å². The predicted octanol–water partition coefficient (Wildman–Crippen LogP) is 3.43. The molecule has 1 aromatic carbocycles. The number of nitrogens with zero attached hydrogens (tertiary/aromatic N) is 1. The lowest BCUT2D eigenvalue weighted by molar-refractivity contribution is 0.618. The maximum atomic E-state index is 5.59. The van der Waals surface area contributed by atoms with Crippen molar-refractivity contribution in [3.63, 3.8) is 0 Å². The van der Waals surface area contributed by atoms with Crippen molar-refractivity contribution in [1.82, 2.24) is 0 Å². The summed E-state index contributed by atoms with van der Waals surface area (Å²) in [4.78, 5) is 2.40. The first-order valence-electron chi connectivity index (χ1n) is 6.31. The van der Waals surface area contributed by atoms with Crippen molar-refractivity contribution < 1.29 is 0 Å². The van der Waals surface area contributed by atoms with Crippen molar-refractivity contribution in [2.75, 3.05) is 24.5 Å². The Bertz CT molecular complexity index is 350. The average Bonchev–Trinajstić information content (AvgIpc) is 2.28. The molecule has 0 aliphatic heterocycles. The van der Waals surface area contributed by atoms with E-state index in [1.54, 1.807) is 0 Å². The first-order chi connectivity index (χ1) is 8.08. The molecule has 0 spiro atoms. The van der Waals surface area contributed by atoms with Crippen molar-refractivity contribution in [3.8, 4) is 0 Å². The summed E-state index contributed by atoms with van der Waals surface area (Å²) in [6, 6.07) is 6.58. The molecule has 0 bridgehead atoms. The predicted molar refractivity (Wildman–Crippen MR) is 79.6 cm³/mol. The smallest absolute Gasteiger partial charge is 0.0377 e. The molecule has 0 amide bonds. The number of benzene rings is 1. The Morgan fingerprint density at radius 1 is 1.35 bits per heavy atom. The third-order valence-electron chi connectivity index (χ3n) is 2.78. The Morgan fingerprint density at radius 2 is 2.06 bits per heavy atom. The van der Waals surface area contributed by atoms with E-state index in [-0.39, 0.29) is 0 Å². The molecule has 0 aliphatic carbocycles. The zero-order chi connectivity index (χ0) is 12.8. The number of hydrogen-bond donors (Lipinski definition) is 1. The first-order valence-corrected chi connectivity index (χ1v) is 7.11. The summed E-state index contributed by atoms with van der Waals surface area (Å²) in [7, 11) is 0. The molecule has 0 unspecified atom stereocenters. The Labute approximate surface area is 113 Å². The minimum atomic E-state index is 0.678. The van der Waals surface area contributed by atoms with Gasteiger partial charge in [-0.2, -0.15) is 0 Å². The molecule has 0 saturated carbocycles. The minimum Gasteiger partial charge on any atom is -0.372 e. The molecule has 0 aromatic heterocycles. The van der Waals surface area contributed by atoms with Gasteiger partial charge in [0.15, 0.2) is 0 Å². The second kappa shape index (κ2) is 7.02. The van der Waals surface area contributed by atoms with Gasteiger partial charge in [-0.25, -0.2) is 0 Å². The molecule has 0 aliphatic rings. The first kappa shape index (κ1) is 14.5. The standard InChI is InChI=1S/C14H23BrN2/c1-4-17(10-11(2)3)13-6-5-12(7-8-16)14(15)9-13/h5-6,9,11H,4,7-8,10,16H2,1-3H3. The third kappa shape index (κ3) is 4.32. The summed E-state index contributed by atoms with van der Waals surface area (Å²) in [5, 5.41) is 0. The van der Waals surface area contributed by atoms with Gasteiger partial charge in [0.1, 0.15) is 0 Å². The molecule has 2 N–H and O–H groups in total. The highest BCUT2D eigenvalue weighted by Gasteiger charge is 2.08. The molecule has 96 valence electrons. The second-order valence-electron chi connectivity index (χ2n) is 4.75. The van der Waals surface area contributed by atoms with E-state index < -0.39 is 0 Å². The second-order valence-corrected chi connectivity index (χ2v) is 5.60. The van der Waals surface area contributed by atoms with Crippen LogP contribution < -0.4 is 10.6 Å². The van der Waals surface area contributed by atoms with Gasteiger partial charge in [0, 0.05) is 23.2 Å². The van der Waals surface area contributed by atoms with E-state index in [4.69, 9.17) is 5.73 Å². The Balaban J connectivity index is 2.86. The van der Waals surface area contributed by atoms with E-state index >= 15 is 0 Å². The molecule has 17 heavy (non-hydrogen) atoms. The maximum Gasteiger partial charge on any atom is 0.0377 e. The zero-order valence-corrected chi connectivity index (χ0v) is 12.6. The molecule has 0 saturated heterocycles. The summed E-state index contributed by atoms with van der Waals surface area (Å²) in [5.74, 6) is 0.678. The van der Waals surface area contributed by atoms with Crippen molar-refractivity contribution in [1.29, 1.82) is 0 Å². The fourth-order valence-corrected chi connectivity index (χ4v) is 2.51. The fraction of sp³-hybridized carbons (Fsp3) is 0.571. The number of anilines is 1. The normalized spacial score (nSPS) is 10.9. The largest absolute Gasteiger partial charge is 0.372 e.